The Labute approximate surface area is 118 Å². The summed E-state index contributed by atoms with van der Waals surface area (Å²) in [5.74, 6) is -0.316. The first-order valence-electron chi connectivity index (χ1n) is 6.36. The minimum absolute atomic E-state index is 0.0911. The second-order valence-corrected chi connectivity index (χ2v) is 4.18. The second kappa shape index (κ2) is 8.16. The number of benzene rings is 1. The predicted octanol–water partition coefficient (Wildman–Crippen LogP) is 0.244. The molecule has 6 heteroatoms. The van der Waals surface area contributed by atoms with E-state index in [4.69, 9.17) is 15.2 Å². The number of amides is 2. The Balaban J connectivity index is 2.72. The van der Waals surface area contributed by atoms with Gasteiger partial charge in [0.15, 0.2) is 0 Å². The number of primary amides is 1. The monoisotopic (exact) mass is 280 g/mol. The van der Waals surface area contributed by atoms with Crippen LogP contribution in [-0.4, -0.2) is 38.2 Å². The van der Waals surface area contributed by atoms with Crippen molar-refractivity contribution in [1.82, 2.24) is 5.32 Å². The van der Waals surface area contributed by atoms with Gasteiger partial charge >= 0.3 is 0 Å². The van der Waals surface area contributed by atoms with Gasteiger partial charge in [-0.25, -0.2) is 0 Å². The summed E-state index contributed by atoms with van der Waals surface area (Å²) >= 11 is 0. The molecule has 0 aromatic heterocycles. The summed E-state index contributed by atoms with van der Waals surface area (Å²) in [6.45, 7) is 2.13. The summed E-state index contributed by atoms with van der Waals surface area (Å²) in [6, 6.07) is 6.48. The van der Waals surface area contributed by atoms with Gasteiger partial charge in [-0.2, -0.15) is 0 Å². The van der Waals surface area contributed by atoms with Crippen LogP contribution in [0.3, 0.4) is 0 Å². The van der Waals surface area contributed by atoms with Crippen LogP contribution in [0.15, 0.2) is 24.3 Å². The summed E-state index contributed by atoms with van der Waals surface area (Å²) in [4.78, 5) is 23.0. The van der Waals surface area contributed by atoms with Crippen LogP contribution in [0.25, 0.3) is 0 Å². The molecule has 0 saturated heterocycles. The van der Waals surface area contributed by atoms with E-state index in [1.54, 1.807) is 20.1 Å². The van der Waals surface area contributed by atoms with E-state index in [9.17, 15) is 9.59 Å². The van der Waals surface area contributed by atoms with Crippen molar-refractivity contribution in [2.75, 3.05) is 20.3 Å². The van der Waals surface area contributed by atoms with Crippen molar-refractivity contribution < 1.29 is 19.1 Å². The molecule has 1 rings (SSSR count). The van der Waals surface area contributed by atoms with E-state index in [0.717, 1.165) is 5.56 Å². The molecule has 110 valence electrons. The fourth-order valence-corrected chi connectivity index (χ4v) is 1.75. The molecular formula is C14H20N2O4. The van der Waals surface area contributed by atoms with Crippen LogP contribution >= 0.6 is 0 Å². The number of para-hydroxylation sites is 1. The zero-order valence-electron chi connectivity index (χ0n) is 11.7. The first kappa shape index (κ1) is 16.0. The van der Waals surface area contributed by atoms with Gasteiger partial charge in [-0.15, -0.1) is 0 Å². The van der Waals surface area contributed by atoms with E-state index in [0.29, 0.717) is 12.4 Å². The Morgan fingerprint density at radius 3 is 2.65 bits per heavy atom. The number of nitrogens with one attached hydrogen (secondary N) is 1. The van der Waals surface area contributed by atoms with Gasteiger partial charge < -0.3 is 20.5 Å². The van der Waals surface area contributed by atoms with Crippen LogP contribution in [0, 0.1) is 0 Å². The molecule has 0 aliphatic rings. The lowest BCUT2D eigenvalue weighted by Crippen LogP contribution is -2.47. The van der Waals surface area contributed by atoms with E-state index < -0.39 is 11.9 Å². The molecule has 0 heterocycles. The van der Waals surface area contributed by atoms with E-state index in [1.165, 1.54) is 0 Å². The number of methoxy groups -OCH3 is 1. The Morgan fingerprint density at radius 1 is 1.35 bits per heavy atom. The highest BCUT2D eigenvalue weighted by Crippen LogP contribution is 2.18. The molecule has 2 amide bonds. The second-order valence-electron chi connectivity index (χ2n) is 4.18. The number of ether oxygens (including phenoxy) is 2. The minimum atomic E-state index is -0.792. The van der Waals surface area contributed by atoms with Gasteiger partial charge in [0.1, 0.15) is 18.4 Å². The Hall–Kier alpha value is -2.08. The van der Waals surface area contributed by atoms with Gasteiger partial charge in [-0.1, -0.05) is 18.2 Å². The molecule has 3 N–H and O–H groups in total. The van der Waals surface area contributed by atoms with Gasteiger partial charge in [0.2, 0.25) is 11.8 Å². The van der Waals surface area contributed by atoms with Crippen LogP contribution in [0.1, 0.15) is 12.5 Å². The smallest absolute Gasteiger partial charge is 0.246 e. The number of carbonyl (C=O) groups excluding carboxylic acids is 2. The highest BCUT2D eigenvalue weighted by molar-refractivity contribution is 5.87. The number of carbonyl (C=O) groups is 2. The van der Waals surface area contributed by atoms with Crippen molar-refractivity contribution in [1.29, 1.82) is 0 Å². The average Bonchev–Trinajstić information content (AvgIpc) is 2.44. The lowest BCUT2D eigenvalue weighted by Gasteiger charge is -2.17. The highest BCUT2D eigenvalue weighted by atomic mass is 16.5. The van der Waals surface area contributed by atoms with Crippen LogP contribution in [-0.2, 0) is 20.7 Å². The average molecular weight is 280 g/mol. The van der Waals surface area contributed by atoms with Gasteiger partial charge in [0, 0.05) is 13.0 Å². The maximum atomic E-state index is 11.6. The van der Waals surface area contributed by atoms with Crippen molar-refractivity contribution in [2.24, 2.45) is 5.73 Å². The van der Waals surface area contributed by atoms with Gasteiger partial charge in [0.25, 0.3) is 0 Å². The molecule has 0 bridgehead atoms. The van der Waals surface area contributed by atoms with Crippen molar-refractivity contribution in [3.05, 3.63) is 29.8 Å². The highest BCUT2D eigenvalue weighted by Gasteiger charge is 2.20. The molecule has 0 spiro atoms. The zero-order chi connectivity index (χ0) is 15.0. The summed E-state index contributed by atoms with van der Waals surface area (Å²) in [5, 5.41) is 2.56. The molecule has 1 aromatic carbocycles. The Kier molecular flexibility index (Phi) is 6.52. The molecule has 0 fully saturated rings. The predicted molar refractivity (Wildman–Crippen MR) is 74.3 cm³/mol. The first-order chi connectivity index (χ1) is 9.58. The summed E-state index contributed by atoms with van der Waals surface area (Å²) in [6.07, 6.45) is 0.275. The topological polar surface area (TPSA) is 90.7 Å². The fourth-order valence-electron chi connectivity index (χ4n) is 1.75. The van der Waals surface area contributed by atoms with Crippen molar-refractivity contribution in [3.63, 3.8) is 0 Å². The van der Waals surface area contributed by atoms with E-state index in [2.05, 4.69) is 5.32 Å². The van der Waals surface area contributed by atoms with Crippen LogP contribution in [0.2, 0.25) is 0 Å². The lowest BCUT2D eigenvalue weighted by atomic mass is 10.0. The van der Waals surface area contributed by atoms with E-state index in [-0.39, 0.29) is 18.9 Å². The largest absolute Gasteiger partial charge is 0.496 e. The van der Waals surface area contributed by atoms with Crippen LogP contribution < -0.4 is 15.8 Å². The maximum absolute atomic E-state index is 11.6. The standard InChI is InChI=1S/C14H20N2O4/c1-3-20-9-13(17)16-11(14(15)18)8-10-6-4-5-7-12(10)19-2/h4-7,11H,3,8-9H2,1-2H3,(H2,15,18)(H,16,17)/t11-/m1/s1. The van der Waals surface area contributed by atoms with Crippen LogP contribution in [0.4, 0.5) is 0 Å². The number of hydrogen-bond donors (Lipinski definition) is 2. The van der Waals surface area contributed by atoms with Gasteiger partial charge in [0.05, 0.1) is 7.11 Å². The molecule has 0 radical (unpaired) electrons. The van der Waals surface area contributed by atoms with E-state index in [1.807, 2.05) is 18.2 Å². The van der Waals surface area contributed by atoms with Crippen molar-refractivity contribution >= 4 is 11.8 Å². The molecule has 0 aliphatic heterocycles. The quantitative estimate of drug-likeness (QED) is 0.714. The third kappa shape index (κ3) is 4.89. The lowest BCUT2D eigenvalue weighted by molar-refractivity contribution is -0.130. The van der Waals surface area contributed by atoms with Crippen LogP contribution in [0.5, 0.6) is 5.75 Å². The Bertz CT molecular complexity index is 462. The van der Waals surface area contributed by atoms with Gasteiger partial charge in [-0.3, -0.25) is 9.59 Å². The normalized spacial score (nSPS) is 11.7. The van der Waals surface area contributed by atoms with E-state index >= 15 is 0 Å². The molecule has 1 aromatic rings. The number of rotatable bonds is 8. The molecular weight excluding hydrogens is 260 g/mol. The first-order valence-corrected chi connectivity index (χ1v) is 6.36. The third-order valence-corrected chi connectivity index (χ3v) is 2.73. The number of hydrogen-bond acceptors (Lipinski definition) is 4. The SMILES string of the molecule is CCOCC(=O)N[C@H](Cc1ccccc1OC)C(N)=O. The van der Waals surface area contributed by atoms with Gasteiger partial charge in [-0.05, 0) is 18.6 Å². The number of nitrogens with two attached hydrogens (primary N) is 1. The summed E-state index contributed by atoms with van der Waals surface area (Å²) in [7, 11) is 1.55. The third-order valence-electron chi connectivity index (χ3n) is 2.73. The molecule has 0 saturated carbocycles. The Morgan fingerprint density at radius 2 is 2.05 bits per heavy atom. The molecule has 1 atom stereocenters. The fraction of sp³-hybridized carbons (Fsp3) is 0.429. The molecule has 0 aliphatic carbocycles. The zero-order valence-corrected chi connectivity index (χ0v) is 11.7. The molecule has 20 heavy (non-hydrogen) atoms. The maximum Gasteiger partial charge on any atom is 0.246 e. The minimum Gasteiger partial charge on any atom is -0.496 e. The molecule has 6 nitrogen and oxygen atoms in total. The summed E-state index contributed by atoms with van der Waals surface area (Å²) in [5.41, 5.74) is 6.12. The van der Waals surface area contributed by atoms with Crippen molar-refractivity contribution in [2.45, 2.75) is 19.4 Å². The molecule has 0 unspecified atom stereocenters. The van der Waals surface area contributed by atoms with Crippen molar-refractivity contribution in [3.8, 4) is 5.75 Å². The summed E-state index contributed by atoms with van der Waals surface area (Å²) < 4.78 is 10.2.